The Labute approximate surface area is 121 Å². The molecule has 1 aromatic rings. The van der Waals surface area contributed by atoms with Gasteiger partial charge in [-0.15, -0.1) is 11.3 Å². The first-order chi connectivity index (χ1) is 8.90. The summed E-state index contributed by atoms with van der Waals surface area (Å²) < 4.78 is 0.865. The van der Waals surface area contributed by atoms with Crippen molar-refractivity contribution in [3.63, 3.8) is 0 Å². The summed E-state index contributed by atoms with van der Waals surface area (Å²) in [6.45, 7) is 0.257. The highest BCUT2D eigenvalue weighted by molar-refractivity contribution is 9.10. The Morgan fingerprint density at radius 3 is 2.63 bits per heavy atom. The van der Waals surface area contributed by atoms with Gasteiger partial charge in [-0.25, -0.2) is 9.59 Å². The molecule has 0 fully saturated rings. The minimum absolute atomic E-state index is 0.257. The first kappa shape index (κ1) is 15.4. The fraction of sp³-hybridized carbons (Fsp3) is 0.300. The van der Waals surface area contributed by atoms with E-state index in [1.54, 1.807) is 0 Å². The van der Waals surface area contributed by atoms with Crippen LogP contribution in [0.25, 0.3) is 0 Å². The summed E-state index contributed by atoms with van der Waals surface area (Å²) in [5.41, 5.74) is 4.90. The number of nitrogens with one attached hydrogen (secondary N) is 2. The lowest BCUT2D eigenvalue weighted by Gasteiger charge is -2.13. The number of carboxylic acids is 1. The van der Waals surface area contributed by atoms with Crippen LogP contribution in [0.1, 0.15) is 11.3 Å². The van der Waals surface area contributed by atoms with Crippen LogP contribution in [0, 0.1) is 0 Å². The van der Waals surface area contributed by atoms with E-state index >= 15 is 0 Å². The number of hydrogen-bond donors (Lipinski definition) is 4. The van der Waals surface area contributed by atoms with Gasteiger partial charge in [0.2, 0.25) is 5.91 Å². The van der Waals surface area contributed by atoms with Crippen LogP contribution >= 0.6 is 27.3 Å². The Morgan fingerprint density at radius 1 is 1.47 bits per heavy atom. The predicted octanol–water partition coefficient (Wildman–Crippen LogP) is 0.638. The predicted molar refractivity (Wildman–Crippen MR) is 72.6 cm³/mol. The van der Waals surface area contributed by atoms with E-state index in [9.17, 15) is 14.4 Å². The van der Waals surface area contributed by atoms with E-state index in [-0.39, 0.29) is 6.54 Å². The maximum atomic E-state index is 11.5. The summed E-state index contributed by atoms with van der Waals surface area (Å²) >= 11 is 4.75. The molecule has 19 heavy (non-hydrogen) atoms. The quantitative estimate of drug-likeness (QED) is 0.601. The van der Waals surface area contributed by atoms with E-state index in [0.29, 0.717) is 0 Å². The Balaban J connectivity index is 2.47. The van der Waals surface area contributed by atoms with Gasteiger partial charge in [-0.05, 0) is 27.4 Å². The molecule has 1 rings (SSSR count). The lowest BCUT2D eigenvalue weighted by molar-refractivity contribution is -0.140. The number of primary amides is 1. The summed E-state index contributed by atoms with van der Waals surface area (Å²) in [6, 6.07) is -0.162. The van der Waals surface area contributed by atoms with E-state index in [0.717, 1.165) is 9.35 Å². The van der Waals surface area contributed by atoms with Gasteiger partial charge in [0.05, 0.1) is 13.0 Å². The zero-order valence-electron chi connectivity index (χ0n) is 9.68. The van der Waals surface area contributed by atoms with Crippen LogP contribution in [0.3, 0.4) is 0 Å². The second kappa shape index (κ2) is 7.10. The molecule has 1 aromatic heterocycles. The third-order valence-corrected chi connectivity index (χ3v) is 4.04. The van der Waals surface area contributed by atoms with E-state index in [1.807, 2.05) is 11.4 Å². The van der Waals surface area contributed by atoms with E-state index in [4.69, 9.17) is 10.8 Å². The number of nitrogens with two attached hydrogens (primary N) is 1. The van der Waals surface area contributed by atoms with Crippen molar-refractivity contribution in [2.75, 3.05) is 0 Å². The van der Waals surface area contributed by atoms with E-state index < -0.39 is 30.4 Å². The van der Waals surface area contributed by atoms with Gasteiger partial charge in [-0.3, -0.25) is 4.79 Å². The standard InChI is InChI=1S/C10H12BrN3O4S/c11-5-1-2-19-7(5)4-13-10(18)14-6(9(16)17)3-8(12)15/h1-2,6H,3-4H2,(H2,12,15)(H,16,17)(H2,13,14,18)/t6-/m0/s1. The Bertz CT molecular complexity index is 491. The number of urea groups is 1. The fourth-order valence-electron chi connectivity index (χ4n) is 1.22. The molecule has 0 aromatic carbocycles. The van der Waals surface area contributed by atoms with Crippen molar-refractivity contribution in [2.45, 2.75) is 19.0 Å². The zero-order chi connectivity index (χ0) is 14.4. The monoisotopic (exact) mass is 349 g/mol. The molecule has 0 saturated heterocycles. The van der Waals surface area contributed by atoms with Crippen LogP contribution in [0.15, 0.2) is 15.9 Å². The minimum Gasteiger partial charge on any atom is -0.480 e. The molecule has 3 amide bonds. The van der Waals surface area contributed by atoms with Gasteiger partial charge >= 0.3 is 12.0 Å². The molecule has 0 radical (unpaired) electrons. The van der Waals surface area contributed by atoms with Gasteiger partial charge in [-0.1, -0.05) is 0 Å². The molecule has 1 heterocycles. The molecule has 0 aliphatic heterocycles. The highest BCUT2D eigenvalue weighted by Crippen LogP contribution is 2.21. The maximum absolute atomic E-state index is 11.5. The third-order valence-electron chi connectivity index (χ3n) is 2.11. The molecule has 0 spiro atoms. The number of rotatable bonds is 6. The molecular formula is C10H12BrN3O4S. The van der Waals surface area contributed by atoms with Crippen LogP contribution in [0.4, 0.5) is 4.79 Å². The average Bonchev–Trinajstić information content (AvgIpc) is 2.70. The SMILES string of the molecule is NC(=O)C[C@H](NC(=O)NCc1sccc1Br)C(=O)O. The minimum atomic E-state index is -1.33. The number of aliphatic carboxylic acids is 1. The maximum Gasteiger partial charge on any atom is 0.326 e. The largest absolute Gasteiger partial charge is 0.480 e. The van der Waals surface area contributed by atoms with Crippen molar-refractivity contribution < 1.29 is 19.5 Å². The highest BCUT2D eigenvalue weighted by Gasteiger charge is 2.21. The highest BCUT2D eigenvalue weighted by atomic mass is 79.9. The van der Waals surface area contributed by atoms with Gasteiger partial charge in [0.15, 0.2) is 0 Å². The third kappa shape index (κ3) is 5.26. The van der Waals surface area contributed by atoms with Crippen molar-refractivity contribution in [1.82, 2.24) is 10.6 Å². The number of halogens is 1. The van der Waals surface area contributed by atoms with E-state index in [2.05, 4.69) is 26.6 Å². The molecule has 0 unspecified atom stereocenters. The Kier molecular flexibility index (Phi) is 5.77. The first-order valence-corrected chi connectivity index (χ1v) is 6.84. The molecule has 5 N–H and O–H groups in total. The molecule has 0 saturated carbocycles. The van der Waals surface area contributed by atoms with Crippen LogP contribution in [0.5, 0.6) is 0 Å². The molecule has 9 heteroatoms. The van der Waals surface area contributed by atoms with Crippen molar-refractivity contribution in [2.24, 2.45) is 5.73 Å². The van der Waals surface area contributed by atoms with Gasteiger partial charge in [0.1, 0.15) is 6.04 Å². The number of carbonyl (C=O) groups excluding carboxylic acids is 2. The smallest absolute Gasteiger partial charge is 0.326 e. The lowest BCUT2D eigenvalue weighted by Crippen LogP contribution is -2.47. The van der Waals surface area contributed by atoms with Crippen LogP contribution in [0.2, 0.25) is 0 Å². The summed E-state index contributed by atoms with van der Waals surface area (Å²) in [5.74, 6) is -2.11. The number of amides is 3. The van der Waals surface area contributed by atoms with Crippen molar-refractivity contribution >= 4 is 45.2 Å². The second-order valence-corrected chi connectivity index (χ2v) is 5.43. The molecule has 1 atom stereocenters. The molecule has 0 aliphatic rings. The van der Waals surface area contributed by atoms with Crippen molar-refractivity contribution in [3.05, 3.63) is 20.8 Å². The molecule has 104 valence electrons. The van der Waals surface area contributed by atoms with Gasteiger partial charge in [-0.2, -0.15) is 0 Å². The summed E-state index contributed by atoms with van der Waals surface area (Å²) in [6.07, 6.45) is -0.453. The van der Waals surface area contributed by atoms with Crippen LogP contribution in [-0.2, 0) is 16.1 Å². The second-order valence-electron chi connectivity index (χ2n) is 3.58. The van der Waals surface area contributed by atoms with Crippen molar-refractivity contribution in [3.8, 4) is 0 Å². The number of carbonyl (C=O) groups is 3. The number of carboxylic acid groups (broad SMARTS) is 1. The molecule has 0 aliphatic carbocycles. The topological polar surface area (TPSA) is 122 Å². The molecule has 7 nitrogen and oxygen atoms in total. The van der Waals surface area contributed by atoms with E-state index in [1.165, 1.54) is 11.3 Å². The lowest BCUT2D eigenvalue weighted by atomic mass is 10.2. The van der Waals surface area contributed by atoms with Gasteiger partial charge in [0, 0.05) is 9.35 Å². The molecule has 0 bridgehead atoms. The van der Waals surface area contributed by atoms with Crippen LogP contribution < -0.4 is 16.4 Å². The summed E-state index contributed by atoms with van der Waals surface area (Å²) in [7, 11) is 0. The number of thiophene rings is 1. The fourth-order valence-corrected chi connectivity index (χ4v) is 2.65. The number of hydrogen-bond acceptors (Lipinski definition) is 4. The van der Waals surface area contributed by atoms with Crippen LogP contribution in [-0.4, -0.2) is 29.1 Å². The van der Waals surface area contributed by atoms with Gasteiger partial charge < -0.3 is 21.5 Å². The Hall–Kier alpha value is -1.61. The zero-order valence-corrected chi connectivity index (χ0v) is 12.1. The average molecular weight is 350 g/mol. The van der Waals surface area contributed by atoms with Gasteiger partial charge in [0.25, 0.3) is 0 Å². The van der Waals surface area contributed by atoms with Crippen molar-refractivity contribution in [1.29, 1.82) is 0 Å². The molecular weight excluding hydrogens is 338 g/mol. The normalized spacial score (nSPS) is 11.6. The first-order valence-electron chi connectivity index (χ1n) is 5.17. The summed E-state index contributed by atoms with van der Waals surface area (Å²) in [4.78, 5) is 33.9. The Morgan fingerprint density at radius 2 is 2.16 bits per heavy atom. The summed E-state index contributed by atoms with van der Waals surface area (Å²) in [5, 5.41) is 15.3.